The third-order valence-electron chi connectivity index (χ3n) is 4.42. The highest BCUT2D eigenvalue weighted by Crippen LogP contribution is 2.30. The van der Waals surface area contributed by atoms with E-state index in [2.05, 4.69) is 25.9 Å². The van der Waals surface area contributed by atoms with Crippen molar-refractivity contribution in [2.75, 3.05) is 16.3 Å². The number of hydrogen-bond donors (Lipinski definition) is 2. The molecule has 0 amide bonds. The van der Waals surface area contributed by atoms with E-state index in [0.717, 1.165) is 45.2 Å². The topological polar surface area (TPSA) is 84.0 Å². The first-order valence-electron chi connectivity index (χ1n) is 9.07. The number of fused-ring (bicyclic) bond motifs is 1. The summed E-state index contributed by atoms with van der Waals surface area (Å²) in [7, 11) is -3.38. The summed E-state index contributed by atoms with van der Waals surface area (Å²) >= 11 is 0. The largest absolute Gasteiger partial charge is 0.355 e. The fourth-order valence-corrected chi connectivity index (χ4v) is 3.68. The average Bonchev–Trinajstić information content (AvgIpc) is 2.73. The Bertz CT molecular complexity index is 1390. The van der Waals surface area contributed by atoms with Gasteiger partial charge in [0.15, 0.2) is 0 Å². The summed E-state index contributed by atoms with van der Waals surface area (Å²) in [5, 5.41) is 4.32. The van der Waals surface area contributed by atoms with Gasteiger partial charge in [-0.05, 0) is 48.0 Å². The minimum Gasteiger partial charge on any atom is -0.355 e. The van der Waals surface area contributed by atoms with Crippen LogP contribution in [-0.4, -0.2) is 24.6 Å². The van der Waals surface area contributed by atoms with Crippen LogP contribution in [0.5, 0.6) is 0 Å². The number of hydrogen-bond acceptors (Lipinski definition) is 5. The zero-order valence-electron chi connectivity index (χ0n) is 16.1. The van der Waals surface area contributed by atoms with Gasteiger partial charge in [-0.15, -0.1) is 6.42 Å². The van der Waals surface area contributed by atoms with Crippen LogP contribution in [-0.2, 0) is 10.0 Å². The lowest BCUT2D eigenvalue weighted by Crippen LogP contribution is -2.09. The number of rotatable bonds is 5. The summed E-state index contributed by atoms with van der Waals surface area (Å²) in [4.78, 5) is 8.60. The van der Waals surface area contributed by atoms with Gasteiger partial charge in [-0.25, -0.2) is 8.42 Å². The van der Waals surface area contributed by atoms with Gasteiger partial charge in [-0.1, -0.05) is 18.1 Å². The van der Waals surface area contributed by atoms with Crippen LogP contribution < -0.4 is 10.0 Å². The number of pyridine rings is 2. The molecule has 0 saturated carbocycles. The van der Waals surface area contributed by atoms with E-state index in [9.17, 15) is 8.42 Å². The Kier molecular flexibility index (Phi) is 5.09. The SMILES string of the molecule is C#Cc1cccc(Nc2ccnc3ccc(-c4cncc(NS(C)(=O)=O)c4)cc23)c1. The molecule has 2 aromatic heterocycles. The molecule has 0 spiro atoms. The molecule has 30 heavy (non-hydrogen) atoms. The van der Waals surface area contributed by atoms with E-state index >= 15 is 0 Å². The van der Waals surface area contributed by atoms with E-state index in [1.165, 1.54) is 6.20 Å². The van der Waals surface area contributed by atoms with Crippen molar-refractivity contribution in [1.82, 2.24) is 9.97 Å². The second-order valence-electron chi connectivity index (χ2n) is 6.78. The minimum absolute atomic E-state index is 0.408. The molecular weight excluding hydrogens is 396 g/mol. The second-order valence-corrected chi connectivity index (χ2v) is 8.53. The molecule has 4 aromatic rings. The van der Waals surface area contributed by atoms with Crippen LogP contribution in [0.25, 0.3) is 22.0 Å². The summed E-state index contributed by atoms with van der Waals surface area (Å²) in [6.07, 6.45) is 11.5. The van der Waals surface area contributed by atoms with E-state index in [4.69, 9.17) is 6.42 Å². The molecule has 2 N–H and O–H groups in total. The predicted molar refractivity (Wildman–Crippen MR) is 121 cm³/mol. The monoisotopic (exact) mass is 414 g/mol. The van der Waals surface area contributed by atoms with E-state index in [1.54, 1.807) is 18.5 Å². The lowest BCUT2D eigenvalue weighted by atomic mass is 10.0. The number of sulfonamides is 1. The lowest BCUT2D eigenvalue weighted by molar-refractivity contribution is 0.607. The summed E-state index contributed by atoms with van der Waals surface area (Å²) in [5.41, 5.74) is 5.47. The van der Waals surface area contributed by atoms with Crippen molar-refractivity contribution in [2.24, 2.45) is 0 Å². The van der Waals surface area contributed by atoms with Crippen LogP contribution in [0.1, 0.15) is 5.56 Å². The molecule has 0 aliphatic heterocycles. The predicted octanol–water partition coefficient (Wildman–Crippen LogP) is 4.39. The maximum Gasteiger partial charge on any atom is 0.229 e. The van der Waals surface area contributed by atoms with Crippen LogP contribution in [0.3, 0.4) is 0 Å². The van der Waals surface area contributed by atoms with E-state index in [0.29, 0.717) is 5.69 Å². The van der Waals surface area contributed by atoms with Gasteiger partial charge in [0.05, 0.1) is 23.7 Å². The lowest BCUT2D eigenvalue weighted by Gasteiger charge is -2.12. The quantitative estimate of drug-likeness (QED) is 0.473. The van der Waals surface area contributed by atoms with Crippen LogP contribution in [0.2, 0.25) is 0 Å². The maximum atomic E-state index is 11.5. The van der Waals surface area contributed by atoms with Crippen molar-refractivity contribution in [3.63, 3.8) is 0 Å². The Hall–Kier alpha value is -3.89. The summed E-state index contributed by atoms with van der Waals surface area (Å²) in [6.45, 7) is 0. The molecule has 0 fully saturated rings. The zero-order valence-corrected chi connectivity index (χ0v) is 16.9. The number of benzene rings is 2. The third kappa shape index (κ3) is 4.40. The number of terminal acetylenes is 1. The molecule has 0 aliphatic carbocycles. The van der Waals surface area contributed by atoms with Crippen LogP contribution in [0.4, 0.5) is 17.1 Å². The van der Waals surface area contributed by atoms with Gasteiger partial charge >= 0.3 is 0 Å². The maximum absolute atomic E-state index is 11.5. The fourth-order valence-electron chi connectivity index (χ4n) is 3.14. The molecule has 7 heteroatoms. The highest BCUT2D eigenvalue weighted by molar-refractivity contribution is 7.92. The molecule has 148 valence electrons. The van der Waals surface area contributed by atoms with Crippen molar-refractivity contribution in [1.29, 1.82) is 0 Å². The summed E-state index contributed by atoms with van der Waals surface area (Å²) in [6, 6.07) is 17.1. The minimum atomic E-state index is -3.38. The van der Waals surface area contributed by atoms with Crippen molar-refractivity contribution >= 4 is 38.0 Å². The van der Waals surface area contributed by atoms with Gasteiger partial charge in [0.25, 0.3) is 0 Å². The van der Waals surface area contributed by atoms with Crippen molar-refractivity contribution in [3.8, 4) is 23.5 Å². The normalized spacial score (nSPS) is 11.1. The highest BCUT2D eigenvalue weighted by Gasteiger charge is 2.08. The van der Waals surface area contributed by atoms with Gasteiger partial charge in [0.1, 0.15) is 0 Å². The Labute approximate surface area is 175 Å². The molecule has 0 radical (unpaired) electrons. The standard InChI is InChI=1S/C23H18N4O2S/c1-3-16-5-4-6-19(11-16)26-23-9-10-25-22-8-7-17(13-21(22)23)18-12-20(15-24-14-18)27-30(2,28)29/h1,4-15,27H,2H3,(H,25,26). The molecule has 0 unspecified atom stereocenters. The number of nitrogens with zero attached hydrogens (tertiary/aromatic N) is 2. The number of anilines is 3. The van der Waals surface area contributed by atoms with Crippen LogP contribution >= 0.6 is 0 Å². The second kappa shape index (κ2) is 7.85. The molecule has 0 atom stereocenters. The summed E-state index contributed by atoms with van der Waals surface area (Å²) < 4.78 is 25.5. The van der Waals surface area contributed by atoms with Crippen LogP contribution in [0.15, 0.2) is 73.2 Å². The zero-order chi connectivity index (χ0) is 21.1. The molecule has 6 nitrogen and oxygen atoms in total. The van der Waals surface area contributed by atoms with Gasteiger partial charge in [-0.3, -0.25) is 14.7 Å². The first-order valence-corrected chi connectivity index (χ1v) is 11.0. The van der Waals surface area contributed by atoms with Gasteiger partial charge in [0.2, 0.25) is 10.0 Å². The molecule has 0 aliphatic rings. The first-order chi connectivity index (χ1) is 14.4. The Morgan fingerprint density at radius 3 is 2.63 bits per heavy atom. The average molecular weight is 414 g/mol. The number of nitrogens with one attached hydrogen (secondary N) is 2. The Morgan fingerprint density at radius 2 is 1.83 bits per heavy atom. The Balaban J connectivity index is 1.75. The molecular formula is C23H18N4O2S. The van der Waals surface area contributed by atoms with E-state index in [-0.39, 0.29) is 0 Å². The van der Waals surface area contributed by atoms with Gasteiger partial charge in [-0.2, -0.15) is 0 Å². The molecule has 4 rings (SSSR count). The van der Waals surface area contributed by atoms with Crippen molar-refractivity contribution in [3.05, 3.63) is 78.8 Å². The third-order valence-corrected chi connectivity index (χ3v) is 5.03. The van der Waals surface area contributed by atoms with Gasteiger partial charge < -0.3 is 5.32 Å². The smallest absolute Gasteiger partial charge is 0.229 e. The van der Waals surface area contributed by atoms with Crippen LogP contribution in [0, 0.1) is 12.3 Å². The van der Waals surface area contributed by atoms with Crippen molar-refractivity contribution in [2.45, 2.75) is 0 Å². The number of aromatic nitrogens is 2. The molecule has 2 aromatic carbocycles. The Morgan fingerprint density at radius 1 is 0.967 bits per heavy atom. The highest BCUT2D eigenvalue weighted by atomic mass is 32.2. The molecule has 0 bridgehead atoms. The first kappa shape index (κ1) is 19.4. The molecule has 2 heterocycles. The fraction of sp³-hybridized carbons (Fsp3) is 0.0435. The van der Waals surface area contributed by atoms with Crippen molar-refractivity contribution < 1.29 is 8.42 Å². The van der Waals surface area contributed by atoms with Gasteiger partial charge in [0, 0.05) is 40.3 Å². The summed E-state index contributed by atoms with van der Waals surface area (Å²) in [5.74, 6) is 2.63. The molecule has 0 saturated heterocycles. The van der Waals surface area contributed by atoms with E-state index < -0.39 is 10.0 Å². The van der Waals surface area contributed by atoms with E-state index in [1.807, 2.05) is 48.5 Å².